The largest absolute Gasteiger partial charge is 0.350 e. The zero-order valence-corrected chi connectivity index (χ0v) is 9.05. The van der Waals surface area contributed by atoms with Crippen molar-refractivity contribution < 1.29 is 10.0 Å². The van der Waals surface area contributed by atoms with Gasteiger partial charge in [0.2, 0.25) is 0 Å². The summed E-state index contributed by atoms with van der Waals surface area (Å²) in [7, 11) is 0. The monoisotopic (exact) mass is 218 g/mol. The molecule has 1 aromatic carbocycles. The number of nitrogens with two attached hydrogens (primary N) is 1. The number of carbonyl (C=O) groups excluding carboxylic acids is 1. The van der Waals surface area contributed by atoms with Gasteiger partial charge < -0.3 is 5.73 Å². The lowest BCUT2D eigenvalue weighted by Gasteiger charge is -2.21. The minimum Gasteiger partial charge on any atom is -0.350 e. The average Bonchev–Trinajstić information content (AvgIpc) is 2.70. The highest BCUT2D eigenvalue weighted by molar-refractivity contribution is 5.73. The zero-order chi connectivity index (χ0) is 11.7. The van der Waals surface area contributed by atoms with Crippen molar-refractivity contribution >= 4 is 12.1 Å². The third-order valence-electron chi connectivity index (χ3n) is 2.92. The first kappa shape index (κ1) is 10.7. The van der Waals surface area contributed by atoms with Crippen molar-refractivity contribution in [3.8, 4) is 0 Å². The molecule has 4 nitrogen and oxygen atoms in total. The molecule has 0 bridgehead atoms. The van der Waals surface area contributed by atoms with Crippen LogP contribution in [0.25, 0.3) is 6.08 Å². The summed E-state index contributed by atoms with van der Waals surface area (Å²) in [5.74, 6) is 0. The van der Waals surface area contributed by atoms with Gasteiger partial charge in [-0.2, -0.15) is 5.06 Å². The van der Waals surface area contributed by atoms with Crippen LogP contribution in [0, 0.1) is 0 Å². The summed E-state index contributed by atoms with van der Waals surface area (Å²) in [6.07, 6.45) is 2.74. The van der Waals surface area contributed by atoms with Gasteiger partial charge in [0.1, 0.15) is 0 Å². The molecule has 0 fully saturated rings. The number of primary amides is 1. The molecule has 0 unspecified atom stereocenters. The van der Waals surface area contributed by atoms with E-state index in [1.54, 1.807) is 6.92 Å². The molecule has 2 amide bonds. The van der Waals surface area contributed by atoms with Gasteiger partial charge in [-0.1, -0.05) is 30.3 Å². The van der Waals surface area contributed by atoms with Gasteiger partial charge in [0.15, 0.2) is 0 Å². The number of benzene rings is 1. The summed E-state index contributed by atoms with van der Waals surface area (Å²) in [4.78, 5) is 10.8. The second-order valence-electron chi connectivity index (χ2n) is 3.95. The second-order valence-corrected chi connectivity index (χ2v) is 3.95. The summed E-state index contributed by atoms with van der Waals surface area (Å²) >= 11 is 0. The normalized spacial score (nSPS) is 15.2. The molecule has 0 saturated heterocycles. The van der Waals surface area contributed by atoms with Crippen molar-refractivity contribution in [1.29, 1.82) is 0 Å². The molecule has 0 aromatic heterocycles. The Morgan fingerprint density at radius 2 is 2.19 bits per heavy atom. The van der Waals surface area contributed by atoms with E-state index < -0.39 is 6.03 Å². The molecular formula is C12H14N2O2. The SMILES string of the molecule is C[C@@H](C1=Cc2ccccc2C1)N(O)C(N)=O. The predicted octanol–water partition coefficient (Wildman–Crippen LogP) is 1.78. The Morgan fingerprint density at radius 3 is 2.81 bits per heavy atom. The minimum absolute atomic E-state index is 0.384. The number of nitrogens with zero attached hydrogens (tertiary/aromatic N) is 1. The Hall–Kier alpha value is -1.81. The molecule has 1 aromatic rings. The highest BCUT2D eigenvalue weighted by Crippen LogP contribution is 2.27. The number of hydrogen-bond acceptors (Lipinski definition) is 2. The molecule has 2 rings (SSSR count). The van der Waals surface area contributed by atoms with Crippen LogP contribution in [0.3, 0.4) is 0 Å². The molecular weight excluding hydrogens is 204 g/mol. The first-order valence-corrected chi connectivity index (χ1v) is 5.15. The number of hydroxylamine groups is 2. The Kier molecular flexibility index (Phi) is 2.66. The third-order valence-corrected chi connectivity index (χ3v) is 2.92. The first-order valence-electron chi connectivity index (χ1n) is 5.15. The zero-order valence-electron chi connectivity index (χ0n) is 9.05. The van der Waals surface area contributed by atoms with E-state index in [1.165, 1.54) is 5.56 Å². The number of fused-ring (bicyclic) bond motifs is 1. The molecule has 4 heteroatoms. The maximum atomic E-state index is 10.8. The molecule has 84 valence electrons. The van der Waals surface area contributed by atoms with E-state index in [9.17, 15) is 10.0 Å². The molecule has 3 N–H and O–H groups in total. The van der Waals surface area contributed by atoms with Crippen molar-refractivity contribution in [3.63, 3.8) is 0 Å². The Balaban J connectivity index is 2.19. The highest BCUT2D eigenvalue weighted by atomic mass is 16.5. The predicted molar refractivity (Wildman–Crippen MR) is 60.8 cm³/mol. The van der Waals surface area contributed by atoms with Crippen molar-refractivity contribution in [2.24, 2.45) is 5.73 Å². The number of carbonyl (C=O) groups is 1. The Morgan fingerprint density at radius 1 is 1.50 bits per heavy atom. The smallest absolute Gasteiger partial charge is 0.339 e. The minimum atomic E-state index is -0.829. The van der Waals surface area contributed by atoms with E-state index >= 15 is 0 Å². The van der Waals surface area contributed by atoms with Gasteiger partial charge in [-0.25, -0.2) is 4.79 Å². The fourth-order valence-electron chi connectivity index (χ4n) is 1.92. The van der Waals surface area contributed by atoms with Crippen molar-refractivity contribution in [2.45, 2.75) is 19.4 Å². The molecule has 0 radical (unpaired) electrons. The molecule has 1 atom stereocenters. The summed E-state index contributed by atoms with van der Waals surface area (Å²) in [6, 6.07) is 6.78. The van der Waals surface area contributed by atoms with Gasteiger partial charge in [-0.05, 0) is 30.0 Å². The molecule has 1 aliphatic carbocycles. The summed E-state index contributed by atoms with van der Waals surface area (Å²) in [6.45, 7) is 1.75. The van der Waals surface area contributed by atoms with Crippen LogP contribution in [-0.2, 0) is 6.42 Å². The standard InChI is InChI=1S/C12H14N2O2/c1-8(14(16)12(13)15)11-6-9-4-2-3-5-10(9)7-11/h2-6,8,16H,7H2,1H3,(H2,13,15)/t8-/m0/s1. The van der Waals surface area contributed by atoms with E-state index in [4.69, 9.17) is 5.73 Å². The summed E-state index contributed by atoms with van der Waals surface area (Å²) in [5, 5.41) is 10.0. The molecule has 1 aliphatic rings. The molecule has 0 spiro atoms. The van der Waals surface area contributed by atoms with Gasteiger partial charge in [0.25, 0.3) is 0 Å². The van der Waals surface area contributed by atoms with E-state index in [0.717, 1.165) is 17.6 Å². The van der Waals surface area contributed by atoms with Crippen LogP contribution in [0.5, 0.6) is 0 Å². The summed E-state index contributed by atoms with van der Waals surface area (Å²) < 4.78 is 0. The lowest BCUT2D eigenvalue weighted by atomic mass is 10.1. The number of urea groups is 1. The van der Waals surface area contributed by atoms with Crippen LogP contribution in [0.15, 0.2) is 29.8 Å². The second kappa shape index (κ2) is 3.98. The van der Waals surface area contributed by atoms with Crippen molar-refractivity contribution in [2.75, 3.05) is 0 Å². The van der Waals surface area contributed by atoms with Gasteiger partial charge >= 0.3 is 6.03 Å². The topological polar surface area (TPSA) is 66.6 Å². The van der Waals surface area contributed by atoms with Gasteiger partial charge in [-0.15, -0.1) is 0 Å². The van der Waals surface area contributed by atoms with Gasteiger partial charge in [0, 0.05) is 0 Å². The van der Waals surface area contributed by atoms with Crippen LogP contribution in [0.1, 0.15) is 18.1 Å². The Labute approximate surface area is 93.9 Å². The van der Waals surface area contributed by atoms with E-state index in [0.29, 0.717) is 5.06 Å². The van der Waals surface area contributed by atoms with E-state index in [-0.39, 0.29) is 6.04 Å². The fraction of sp³-hybridized carbons (Fsp3) is 0.250. The molecule has 0 heterocycles. The van der Waals surface area contributed by atoms with Crippen LogP contribution < -0.4 is 5.73 Å². The van der Waals surface area contributed by atoms with Gasteiger partial charge in [-0.3, -0.25) is 5.21 Å². The Bertz CT molecular complexity index is 454. The third kappa shape index (κ3) is 1.79. The van der Waals surface area contributed by atoms with Crippen LogP contribution in [0.2, 0.25) is 0 Å². The van der Waals surface area contributed by atoms with Crippen LogP contribution >= 0.6 is 0 Å². The quantitative estimate of drug-likeness (QED) is 0.587. The van der Waals surface area contributed by atoms with Crippen LogP contribution in [-0.4, -0.2) is 22.3 Å². The lowest BCUT2D eigenvalue weighted by molar-refractivity contribution is -0.0593. The molecule has 16 heavy (non-hydrogen) atoms. The van der Waals surface area contributed by atoms with Gasteiger partial charge in [0.05, 0.1) is 6.04 Å². The first-order chi connectivity index (χ1) is 7.59. The van der Waals surface area contributed by atoms with Crippen molar-refractivity contribution in [3.05, 3.63) is 41.0 Å². The molecule has 0 aliphatic heterocycles. The van der Waals surface area contributed by atoms with Crippen LogP contribution in [0.4, 0.5) is 4.79 Å². The number of amides is 2. The molecule has 0 saturated carbocycles. The van der Waals surface area contributed by atoms with E-state index in [2.05, 4.69) is 0 Å². The average molecular weight is 218 g/mol. The number of rotatable bonds is 2. The number of hydrogen-bond donors (Lipinski definition) is 2. The maximum absolute atomic E-state index is 10.8. The highest BCUT2D eigenvalue weighted by Gasteiger charge is 2.23. The van der Waals surface area contributed by atoms with E-state index in [1.807, 2.05) is 30.3 Å². The fourth-order valence-corrected chi connectivity index (χ4v) is 1.92. The maximum Gasteiger partial charge on any atom is 0.339 e. The van der Waals surface area contributed by atoms with Crippen molar-refractivity contribution in [1.82, 2.24) is 5.06 Å². The summed E-state index contributed by atoms with van der Waals surface area (Å²) in [5.41, 5.74) is 8.36. The lowest BCUT2D eigenvalue weighted by Crippen LogP contribution is -2.40.